The van der Waals surface area contributed by atoms with Crippen molar-refractivity contribution in [2.75, 3.05) is 0 Å². The third kappa shape index (κ3) is 13.7. The van der Waals surface area contributed by atoms with E-state index in [9.17, 15) is 0 Å². The standard InChI is InChI=1S/C31H36O.5CO.Cr/c1-24-19-20-29(31(2,3)27-17-11-6-12-18-27)30(23-24)32-22-21-28(25-13-7-4-8-14-25)26-15-9-5-10-16-26;5*1-2;/h4-18,24,28-30H,19-21,23H2,1-3H3;;;;;;/t24-,29-,30-;;;;;;/m1....../s1. The van der Waals surface area contributed by atoms with E-state index in [1.54, 1.807) is 0 Å². The number of rotatable bonds is 8. The van der Waals surface area contributed by atoms with Gasteiger partial charge in [0, 0.05) is 0 Å². The topological polar surface area (TPSA) is 109 Å². The molecule has 1 fully saturated rings. The monoisotopic (exact) mass is 616 g/mol. The molecule has 1 aliphatic rings. The molecule has 0 N–H and O–H groups in total. The van der Waals surface area contributed by atoms with E-state index >= 15 is 0 Å². The summed E-state index contributed by atoms with van der Waals surface area (Å²) >= 11 is 3.32. The number of ether oxygens (including phenoxy) is 1. The van der Waals surface area contributed by atoms with Gasteiger partial charge in [-0.15, -0.1) is 0 Å². The first-order valence-electron chi connectivity index (χ1n) is 13.3. The zero-order valence-corrected chi connectivity index (χ0v) is 25.9. The summed E-state index contributed by atoms with van der Waals surface area (Å²) in [6, 6.07) is 32.6. The Bertz CT molecular complexity index is 1170. The zero-order chi connectivity index (χ0) is 33.3. The van der Waals surface area contributed by atoms with Crippen LogP contribution in [0.25, 0.3) is 0 Å². The summed E-state index contributed by atoms with van der Waals surface area (Å²) in [6.07, 6.45) is 4.69. The molecular formula is C36H36CrO6. The SMILES string of the molecule is C[C@@H]1CC[C@@H](C(C)(C)c2ccccc2)[C@H](O[C](=[Cr])CC(c2ccccc2)c2ccccc2)C1.[C-]#[O+].[C-]#[O+].[C-]#[O+].[C-]#[O+].[C-]#[O+]. The molecule has 0 amide bonds. The zero-order valence-electron chi connectivity index (χ0n) is 24.7. The van der Waals surface area contributed by atoms with E-state index in [-0.39, 0.29) is 17.4 Å². The van der Waals surface area contributed by atoms with Gasteiger partial charge >= 0.3 is 265 Å². The summed E-state index contributed by atoms with van der Waals surface area (Å²) in [7, 11) is 0. The van der Waals surface area contributed by atoms with Crippen LogP contribution < -0.4 is 0 Å². The molecule has 6 nitrogen and oxygen atoms in total. The molecule has 1 aliphatic carbocycles. The summed E-state index contributed by atoms with van der Waals surface area (Å²) in [5.74, 6) is 1.47. The minimum absolute atomic E-state index is 0.0740. The van der Waals surface area contributed by atoms with Crippen molar-refractivity contribution in [3.63, 3.8) is 0 Å². The Morgan fingerprint density at radius 2 is 1.12 bits per heavy atom. The average molecular weight is 617 g/mol. The molecule has 0 unspecified atom stereocenters. The van der Waals surface area contributed by atoms with Gasteiger partial charge in [-0.25, -0.2) is 0 Å². The van der Waals surface area contributed by atoms with Gasteiger partial charge in [0.2, 0.25) is 0 Å². The van der Waals surface area contributed by atoms with Crippen molar-refractivity contribution in [1.29, 1.82) is 0 Å². The first kappa shape index (κ1) is 41.9. The summed E-state index contributed by atoms with van der Waals surface area (Å²) < 4.78 is 45.3. The van der Waals surface area contributed by atoms with Crippen molar-refractivity contribution in [1.82, 2.24) is 0 Å². The molecule has 0 saturated heterocycles. The Morgan fingerprint density at radius 3 is 1.53 bits per heavy atom. The van der Waals surface area contributed by atoms with Crippen molar-refractivity contribution < 1.29 is 43.8 Å². The van der Waals surface area contributed by atoms with Crippen LogP contribution in [0.4, 0.5) is 0 Å². The van der Waals surface area contributed by atoms with Crippen molar-refractivity contribution in [2.24, 2.45) is 11.8 Å². The van der Waals surface area contributed by atoms with Crippen LogP contribution in [-0.2, 0) is 49.3 Å². The van der Waals surface area contributed by atoms with E-state index < -0.39 is 0 Å². The molecule has 3 aromatic rings. The van der Waals surface area contributed by atoms with E-state index in [0.29, 0.717) is 11.8 Å². The molecule has 7 heteroatoms. The van der Waals surface area contributed by atoms with Crippen LogP contribution in [0.3, 0.4) is 0 Å². The maximum absolute atomic E-state index is 7.50. The Kier molecular flexibility index (Phi) is 24.6. The fourth-order valence-corrected chi connectivity index (χ4v) is 6.00. The van der Waals surface area contributed by atoms with Crippen molar-refractivity contribution >= 4 is 4.57 Å². The molecule has 0 bridgehead atoms. The van der Waals surface area contributed by atoms with Crippen molar-refractivity contribution in [2.45, 2.75) is 63.9 Å². The van der Waals surface area contributed by atoms with Crippen LogP contribution in [-0.4, -0.2) is 10.7 Å². The molecule has 0 spiro atoms. The molecule has 0 aliphatic heterocycles. The van der Waals surface area contributed by atoms with E-state index in [4.69, 9.17) is 28.0 Å². The quantitative estimate of drug-likeness (QED) is 0.190. The van der Waals surface area contributed by atoms with Gasteiger partial charge in [-0.05, 0) is 0 Å². The van der Waals surface area contributed by atoms with Crippen LogP contribution in [0, 0.1) is 45.1 Å². The molecule has 0 radical (unpaired) electrons. The molecule has 43 heavy (non-hydrogen) atoms. The molecule has 1 saturated carbocycles. The molecular weight excluding hydrogens is 580 g/mol. The fourth-order valence-electron chi connectivity index (χ4n) is 5.55. The van der Waals surface area contributed by atoms with Crippen molar-refractivity contribution in [3.8, 4) is 0 Å². The predicted molar refractivity (Wildman–Crippen MR) is 155 cm³/mol. The first-order valence-corrected chi connectivity index (χ1v) is 14.0. The van der Waals surface area contributed by atoms with E-state index in [1.807, 2.05) is 0 Å². The van der Waals surface area contributed by atoms with Crippen LogP contribution in [0.15, 0.2) is 91.0 Å². The number of benzene rings is 3. The average Bonchev–Trinajstić information content (AvgIpc) is 3.09. The second-order valence-electron chi connectivity index (χ2n) is 10.2. The second-order valence-corrected chi connectivity index (χ2v) is 10.9. The molecule has 3 aromatic carbocycles. The van der Waals surface area contributed by atoms with Crippen LogP contribution >= 0.6 is 0 Å². The van der Waals surface area contributed by atoms with Crippen LogP contribution in [0.5, 0.6) is 0 Å². The van der Waals surface area contributed by atoms with E-state index in [2.05, 4.69) is 161 Å². The Morgan fingerprint density at radius 1 is 0.721 bits per heavy atom. The van der Waals surface area contributed by atoms with Gasteiger partial charge in [-0.2, -0.15) is 0 Å². The normalized spacial score (nSPS) is 16.5. The van der Waals surface area contributed by atoms with Gasteiger partial charge < -0.3 is 0 Å². The van der Waals surface area contributed by atoms with Crippen LogP contribution in [0.2, 0.25) is 0 Å². The Labute approximate surface area is 264 Å². The third-order valence-corrected chi connectivity index (χ3v) is 7.97. The van der Waals surface area contributed by atoms with Gasteiger partial charge in [-0.1, -0.05) is 0 Å². The van der Waals surface area contributed by atoms with Gasteiger partial charge in [-0.3, -0.25) is 0 Å². The number of hydrogen-bond acceptors (Lipinski definition) is 1. The fraction of sp³-hybridized carbons (Fsp3) is 0.333. The van der Waals surface area contributed by atoms with E-state index in [0.717, 1.165) is 17.4 Å². The maximum atomic E-state index is 7.50. The Balaban J connectivity index is 0. The summed E-state index contributed by atoms with van der Waals surface area (Å²) in [5, 5.41) is 0. The molecule has 3 atom stereocenters. The van der Waals surface area contributed by atoms with Gasteiger partial charge in [0.1, 0.15) is 0 Å². The third-order valence-electron chi connectivity index (χ3n) is 7.56. The molecule has 0 heterocycles. The van der Waals surface area contributed by atoms with Crippen molar-refractivity contribution in [3.05, 3.63) is 141 Å². The van der Waals surface area contributed by atoms with Gasteiger partial charge in [0.15, 0.2) is 0 Å². The molecule has 222 valence electrons. The molecule has 4 rings (SSSR count). The summed E-state index contributed by atoms with van der Waals surface area (Å²) in [4.78, 5) is 0. The van der Waals surface area contributed by atoms with Gasteiger partial charge in [0.05, 0.1) is 0 Å². The van der Waals surface area contributed by atoms with E-state index in [1.165, 1.54) is 29.5 Å². The number of hydrogen-bond donors (Lipinski definition) is 0. The summed E-state index contributed by atoms with van der Waals surface area (Å²) in [6.45, 7) is 29.7. The Hall–Kier alpha value is -3.28. The second kappa shape index (κ2) is 25.2. The van der Waals surface area contributed by atoms with Crippen LogP contribution in [0.1, 0.15) is 69.1 Å². The summed E-state index contributed by atoms with van der Waals surface area (Å²) in [5.41, 5.74) is 4.15. The predicted octanol–water partition coefficient (Wildman–Crippen LogP) is 7.50. The first-order chi connectivity index (χ1) is 20.9. The minimum atomic E-state index is 0.0740. The van der Waals surface area contributed by atoms with Gasteiger partial charge in [0.25, 0.3) is 0 Å². The molecule has 0 aromatic heterocycles.